The highest BCUT2D eigenvalue weighted by atomic mass is 16.1. The molecule has 0 atom stereocenters. The molecule has 0 aliphatic heterocycles. The lowest BCUT2D eigenvalue weighted by Crippen LogP contribution is -2.13. The van der Waals surface area contributed by atoms with Crippen LogP contribution in [0.2, 0.25) is 0 Å². The number of anilines is 2. The Morgan fingerprint density at radius 2 is 1.33 bits per heavy atom. The van der Waals surface area contributed by atoms with E-state index in [2.05, 4.69) is 20.6 Å². The fourth-order valence-corrected chi connectivity index (χ4v) is 2.64. The van der Waals surface area contributed by atoms with E-state index >= 15 is 0 Å². The largest absolute Gasteiger partial charge is 0.339 e. The molecule has 132 valence electrons. The summed E-state index contributed by atoms with van der Waals surface area (Å²) in [7, 11) is 0. The maximum Gasteiger partial charge on any atom is 0.301 e. The fraction of sp³-hybridized carbons (Fsp3) is 0. The van der Waals surface area contributed by atoms with Crippen LogP contribution in [0.4, 0.5) is 22.9 Å². The van der Waals surface area contributed by atoms with Gasteiger partial charge in [0.1, 0.15) is 0 Å². The second-order valence-corrected chi connectivity index (χ2v) is 5.84. The Hall–Kier alpha value is -3.93. The standard InChI is InChI=1S/C21H17N5O/c27-21-19(24-23-17-12-6-2-7-13-17)20(22-16-10-4-1-5-11-16)25-26(21)18-14-8-3-9-15-18/h1-15,22,25H/b24-23+. The number of hydrogen-bond donors (Lipinski definition) is 2. The highest BCUT2D eigenvalue weighted by Gasteiger charge is 2.15. The molecule has 1 aromatic heterocycles. The fourth-order valence-electron chi connectivity index (χ4n) is 2.64. The molecule has 2 N–H and O–H groups in total. The first-order valence-corrected chi connectivity index (χ1v) is 8.50. The summed E-state index contributed by atoms with van der Waals surface area (Å²) in [5.74, 6) is 0.481. The Morgan fingerprint density at radius 3 is 2.00 bits per heavy atom. The Labute approximate surface area is 155 Å². The Balaban J connectivity index is 1.78. The van der Waals surface area contributed by atoms with Crippen molar-refractivity contribution in [1.82, 2.24) is 9.78 Å². The average Bonchev–Trinajstić information content (AvgIpc) is 3.04. The molecule has 0 aliphatic carbocycles. The molecular weight excluding hydrogens is 338 g/mol. The van der Waals surface area contributed by atoms with Gasteiger partial charge in [0.2, 0.25) is 0 Å². The number of nitrogens with zero attached hydrogens (tertiary/aromatic N) is 3. The number of rotatable bonds is 5. The number of H-pyrrole nitrogens is 1. The van der Waals surface area contributed by atoms with Crippen molar-refractivity contribution in [2.45, 2.75) is 0 Å². The molecule has 6 heteroatoms. The van der Waals surface area contributed by atoms with Crippen LogP contribution in [0.15, 0.2) is 106 Å². The molecular formula is C21H17N5O. The van der Waals surface area contributed by atoms with E-state index in [9.17, 15) is 4.79 Å². The molecule has 0 spiro atoms. The molecule has 3 aromatic carbocycles. The quantitative estimate of drug-likeness (QED) is 0.475. The van der Waals surface area contributed by atoms with Crippen molar-refractivity contribution < 1.29 is 0 Å². The molecule has 27 heavy (non-hydrogen) atoms. The topological polar surface area (TPSA) is 74.5 Å². The third kappa shape index (κ3) is 3.69. The number of aromatic amines is 1. The maximum atomic E-state index is 12.9. The van der Waals surface area contributed by atoms with E-state index in [4.69, 9.17) is 0 Å². The maximum absolute atomic E-state index is 12.9. The highest BCUT2D eigenvalue weighted by Crippen LogP contribution is 2.26. The summed E-state index contributed by atoms with van der Waals surface area (Å²) in [4.78, 5) is 12.9. The third-order valence-electron chi connectivity index (χ3n) is 3.95. The molecule has 0 radical (unpaired) electrons. The summed E-state index contributed by atoms with van der Waals surface area (Å²) in [5, 5.41) is 14.7. The van der Waals surface area contributed by atoms with Crippen LogP contribution in [0.25, 0.3) is 5.69 Å². The molecule has 0 bridgehead atoms. The van der Waals surface area contributed by atoms with Gasteiger partial charge in [-0.1, -0.05) is 54.6 Å². The van der Waals surface area contributed by atoms with E-state index in [1.54, 1.807) is 0 Å². The smallest absolute Gasteiger partial charge is 0.301 e. The van der Waals surface area contributed by atoms with Crippen LogP contribution in [0.5, 0.6) is 0 Å². The number of nitrogens with one attached hydrogen (secondary N) is 2. The van der Waals surface area contributed by atoms with Gasteiger partial charge in [-0.15, -0.1) is 5.11 Å². The van der Waals surface area contributed by atoms with Gasteiger partial charge >= 0.3 is 5.56 Å². The predicted molar refractivity (Wildman–Crippen MR) is 107 cm³/mol. The first-order chi connectivity index (χ1) is 13.3. The van der Waals surface area contributed by atoms with E-state index in [1.807, 2.05) is 91.0 Å². The van der Waals surface area contributed by atoms with Crippen LogP contribution in [0.1, 0.15) is 0 Å². The molecule has 4 rings (SSSR count). The first-order valence-electron chi connectivity index (χ1n) is 8.50. The van der Waals surface area contributed by atoms with Gasteiger partial charge in [-0.3, -0.25) is 9.89 Å². The second-order valence-electron chi connectivity index (χ2n) is 5.84. The number of hydrogen-bond acceptors (Lipinski definition) is 4. The number of aromatic nitrogens is 2. The molecule has 4 aromatic rings. The minimum absolute atomic E-state index is 0.214. The van der Waals surface area contributed by atoms with Crippen molar-refractivity contribution in [3.8, 4) is 5.69 Å². The van der Waals surface area contributed by atoms with E-state index in [-0.39, 0.29) is 11.2 Å². The zero-order valence-electron chi connectivity index (χ0n) is 14.4. The van der Waals surface area contributed by atoms with Gasteiger partial charge in [0.15, 0.2) is 11.5 Å². The van der Waals surface area contributed by atoms with Crippen molar-refractivity contribution in [1.29, 1.82) is 0 Å². The SMILES string of the molecule is O=c1c(/N=N/c2ccccc2)c(Nc2ccccc2)[nH]n1-c1ccccc1. The predicted octanol–water partition coefficient (Wildman–Crippen LogP) is 5.32. The minimum atomic E-state index is -0.278. The van der Waals surface area contributed by atoms with Crippen molar-refractivity contribution >= 4 is 22.9 Å². The van der Waals surface area contributed by atoms with Crippen LogP contribution in [0, 0.1) is 0 Å². The molecule has 0 amide bonds. The van der Waals surface area contributed by atoms with Gasteiger partial charge in [0.05, 0.1) is 11.4 Å². The second kappa shape index (κ2) is 7.53. The summed E-state index contributed by atoms with van der Waals surface area (Å²) in [6.45, 7) is 0. The number of azo groups is 1. The van der Waals surface area contributed by atoms with Crippen molar-refractivity contribution in [2.75, 3.05) is 5.32 Å². The Bertz CT molecular complexity index is 1100. The van der Waals surface area contributed by atoms with Crippen LogP contribution in [0.3, 0.4) is 0 Å². The summed E-state index contributed by atoms with van der Waals surface area (Å²) in [5.41, 5.74) is 2.18. The highest BCUT2D eigenvalue weighted by molar-refractivity contribution is 5.68. The Kier molecular flexibility index (Phi) is 4.61. The lowest BCUT2D eigenvalue weighted by atomic mass is 10.3. The van der Waals surface area contributed by atoms with Gasteiger partial charge in [-0.2, -0.15) is 5.11 Å². The number of benzene rings is 3. The minimum Gasteiger partial charge on any atom is -0.339 e. The Morgan fingerprint density at radius 1 is 0.741 bits per heavy atom. The van der Waals surface area contributed by atoms with Crippen LogP contribution in [-0.2, 0) is 0 Å². The monoisotopic (exact) mass is 355 g/mol. The zero-order valence-corrected chi connectivity index (χ0v) is 14.4. The molecule has 0 aliphatic rings. The normalized spacial score (nSPS) is 11.0. The summed E-state index contributed by atoms with van der Waals surface area (Å²) in [6, 6.07) is 28.2. The third-order valence-corrected chi connectivity index (χ3v) is 3.95. The molecule has 0 saturated carbocycles. The van der Waals surface area contributed by atoms with Crippen molar-refractivity contribution in [3.63, 3.8) is 0 Å². The van der Waals surface area contributed by atoms with Gasteiger partial charge in [0, 0.05) is 5.69 Å². The number of para-hydroxylation sites is 2. The van der Waals surface area contributed by atoms with Gasteiger partial charge in [-0.05, 0) is 36.4 Å². The van der Waals surface area contributed by atoms with E-state index in [1.165, 1.54) is 4.68 Å². The van der Waals surface area contributed by atoms with Gasteiger partial charge < -0.3 is 5.32 Å². The molecule has 0 unspecified atom stereocenters. The van der Waals surface area contributed by atoms with Crippen molar-refractivity contribution in [3.05, 3.63) is 101 Å². The molecule has 6 nitrogen and oxygen atoms in total. The molecule has 0 saturated heterocycles. The summed E-state index contributed by atoms with van der Waals surface area (Å²) >= 11 is 0. The zero-order chi connectivity index (χ0) is 18.5. The van der Waals surface area contributed by atoms with E-state index < -0.39 is 0 Å². The van der Waals surface area contributed by atoms with Gasteiger partial charge in [0.25, 0.3) is 0 Å². The summed E-state index contributed by atoms with van der Waals surface area (Å²) < 4.78 is 1.45. The molecule has 1 heterocycles. The summed E-state index contributed by atoms with van der Waals surface area (Å²) in [6.07, 6.45) is 0. The first kappa shape index (κ1) is 16.5. The van der Waals surface area contributed by atoms with Crippen LogP contribution in [-0.4, -0.2) is 9.78 Å². The molecule has 0 fully saturated rings. The van der Waals surface area contributed by atoms with Gasteiger partial charge in [-0.25, -0.2) is 4.68 Å². The van der Waals surface area contributed by atoms with Crippen molar-refractivity contribution in [2.24, 2.45) is 10.2 Å². The van der Waals surface area contributed by atoms with Crippen LogP contribution >= 0.6 is 0 Å². The lowest BCUT2D eigenvalue weighted by Gasteiger charge is -2.04. The van der Waals surface area contributed by atoms with E-state index in [0.29, 0.717) is 11.5 Å². The lowest BCUT2D eigenvalue weighted by molar-refractivity contribution is 0.852. The van der Waals surface area contributed by atoms with E-state index in [0.717, 1.165) is 11.4 Å². The van der Waals surface area contributed by atoms with Crippen LogP contribution < -0.4 is 10.9 Å². The average molecular weight is 355 g/mol.